The van der Waals surface area contributed by atoms with E-state index in [-0.39, 0.29) is 18.3 Å². The van der Waals surface area contributed by atoms with Gasteiger partial charge < -0.3 is 9.26 Å². The molecule has 0 saturated carbocycles. The molecule has 0 N–H and O–H groups in total. The fraction of sp³-hybridized carbons (Fsp3) is 0.769. The summed E-state index contributed by atoms with van der Waals surface area (Å²) in [5.41, 5.74) is 0. The summed E-state index contributed by atoms with van der Waals surface area (Å²) >= 11 is 0. The van der Waals surface area contributed by atoms with E-state index >= 15 is 0 Å². The minimum absolute atomic E-state index is 0.101. The molecule has 1 aliphatic rings. The van der Waals surface area contributed by atoms with Crippen LogP contribution in [0.25, 0.3) is 0 Å². The highest BCUT2D eigenvalue weighted by Gasteiger charge is 2.27. The maximum absolute atomic E-state index is 11.3. The fourth-order valence-electron chi connectivity index (χ4n) is 2.06. The number of hydrogen-bond acceptors (Lipinski definition) is 6. The molecule has 1 aliphatic heterocycles. The molecule has 2 rings (SSSR count). The number of ether oxygens (including phenoxy) is 1. The SMILES string of the molecule is CCC(=O)Cc1nc(C2CN(C(C)C)CCO2)no1. The predicted octanol–water partition coefficient (Wildman–Crippen LogP) is 1.37. The van der Waals surface area contributed by atoms with Crippen LogP contribution in [0, 0.1) is 0 Å². The molecular weight excluding hydrogens is 246 g/mol. The van der Waals surface area contributed by atoms with Gasteiger partial charge in [-0.1, -0.05) is 12.1 Å². The Labute approximate surface area is 113 Å². The number of ketones is 1. The first-order valence-electron chi connectivity index (χ1n) is 6.80. The topological polar surface area (TPSA) is 68.5 Å². The highest BCUT2D eigenvalue weighted by Crippen LogP contribution is 2.21. The van der Waals surface area contributed by atoms with E-state index in [9.17, 15) is 4.79 Å². The average Bonchev–Trinajstić information content (AvgIpc) is 2.87. The number of morpholine rings is 1. The quantitative estimate of drug-likeness (QED) is 0.802. The van der Waals surface area contributed by atoms with Gasteiger partial charge in [-0.3, -0.25) is 9.69 Å². The largest absolute Gasteiger partial charge is 0.367 e. The summed E-state index contributed by atoms with van der Waals surface area (Å²) in [6.45, 7) is 8.49. The van der Waals surface area contributed by atoms with Crippen molar-refractivity contribution in [1.82, 2.24) is 15.0 Å². The van der Waals surface area contributed by atoms with Crippen LogP contribution in [0.4, 0.5) is 0 Å². The van der Waals surface area contributed by atoms with Crippen molar-refractivity contribution in [1.29, 1.82) is 0 Å². The van der Waals surface area contributed by atoms with Gasteiger partial charge in [0.25, 0.3) is 0 Å². The normalized spacial score (nSPS) is 20.9. The van der Waals surface area contributed by atoms with Gasteiger partial charge in [-0.05, 0) is 13.8 Å². The van der Waals surface area contributed by atoms with Crippen LogP contribution in [0.2, 0.25) is 0 Å². The van der Waals surface area contributed by atoms with Crippen LogP contribution in [0.15, 0.2) is 4.52 Å². The molecule has 0 aromatic carbocycles. The molecule has 1 saturated heterocycles. The standard InChI is InChI=1S/C13H21N3O3/c1-4-10(17)7-12-14-13(15-19-12)11-8-16(9(2)3)5-6-18-11/h9,11H,4-8H2,1-3H3. The van der Waals surface area contributed by atoms with E-state index < -0.39 is 0 Å². The zero-order valence-electron chi connectivity index (χ0n) is 11.8. The summed E-state index contributed by atoms with van der Waals surface area (Å²) < 4.78 is 10.8. The van der Waals surface area contributed by atoms with Crippen molar-refractivity contribution in [2.24, 2.45) is 0 Å². The van der Waals surface area contributed by atoms with Gasteiger partial charge in [-0.2, -0.15) is 4.98 Å². The van der Waals surface area contributed by atoms with Crippen molar-refractivity contribution >= 4 is 5.78 Å². The average molecular weight is 267 g/mol. The van der Waals surface area contributed by atoms with Crippen LogP contribution >= 0.6 is 0 Å². The molecule has 0 amide bonds. The number of carbonyl (C=O) groups is 1. The van der Waals surface area contributed by atoms with Crippen molar-refractivity contribution in [2.45, 2.75) is 45.8 Å². The predicted molar refractivity (Wildman–Crippen MR) is 68.7 cm³/mol. The summed E-state index contributed by atoms with van der Waals surface area (Å²) in [7, 11) is 0. The lowest BCUT2D eigenvalue weighted by Crippen LogP contribution is -2.42. The van der Waals surface area contributed by atoms with Gasteiger partial charge in [0.2, 0.25) is 11.7 Å². The first-order chi connectivity index (χ1) is 9.10. The van der Waals surface area contributed by atoms with Crippen molar-refractivity contribution in [2.75, 3.05) is 19.7 Å². The highest BCUT2D eigenvalue weighted by atomic mass is 16.5. The second-order valence-electron chi connectivity index (χ2n) is 5.06. The first kappa shape index (κ1) is 14.1. The maximum Gasteiger partial charge on any atom is 0.234 e. The van der Waals surface area contributed by atoms with Crippen LogP contribution in [-0.2, 0) is 16.0 Å². The van der Waals surface area contributed by atoms with Gasteiger partial charge in [-0.15, -0.1) is 0 Å². The zero-order valence-corrected chi connectivity index (χ0v) is 11.8. The van der Waals surface area contributed by atoms with Crippen LogP contribution in [0.1, 0.15) is 45.0 Å². The molecule has 0 bridgehead atoms. The summed E-state index contributed by atoms with van der Waals surface area (Å²) in [5.74, 6) is 1.03. The third-order valence-corrected chi connectivity index (χ3v) is 3.34. The molecule has 106 valence electrons. The minimum Gasteiger partial charge on any atom is -0.367 e. The van der Waals surface area contributed by atoms with Gasteiger partial charge in [0, 0.05) is 25.6 Å². The third kappa shape index (κ3) is 3.61. The summed E-state index contributed by atoms with van der Waals surface area (Å²) in [6, 6.07) is 0.472. The Morgan fingerprint density at radius 2 is 2.32 bits per heavy atom. The Morgan fingerprint density at radius 1 is 1.53 bits per heavy atom. The molecular formula is C13H21N3O3. The molecule has 1 unspecified atom stereocenters. The first-order valence-corrected chi connectivity index (χ1v) is 6.80. The Kier molecular flexibility index (Phi) is 4.66. The molecule has 0 radical (unpaired) electrons. The monoisotopic (exact) mass is 267 g/mol. The number of aromatic nitrogens is 2. The maximum atomic E-state index is 11.3. The van der Waals surface area contributed by atoms with Crippen molar-refractivity contribution in [3.63, 3.8) is 0 Å². The second kappa shape index (κ2) is 6.25. The number of nitrogens with zero attached hydrogens (tertiary/aromatic N) is 3. The van der Waals surface area contributed by atoms with Gasteiger partial charge in [0.05, 0.1) is 13.0 Å². The third-order valence-electron chi connectivity index (χ3n) is 3.34. The lowest BCUT2D eigenvalue weighted by atomic mass is 10.2. The highest BCUT2D eigenvalue weighted by molar-refractivity contribution is 5.79. The lowest BCUT2D eigenvalue weighted by molar-refractivity contribution is -0.118. The van der Waals surface area contributed by atoms with Crippen molar-refractivity contribution in [3.8, 4) is 0 Å². The second-order valence-corrected chi connectivity index (χ2v) is 5.06. The van der Waals surface area contributed by atoms with Crippen LogP contribution in [0.5, 0.6) is 0 Å². The van der Waals surface area contributed by atoms with Crippen LogP contribution in [-0.4, -0.2) is 46.6 Å². The molecule has 0 aliphatic carbocycles. The van der Waals surface area contributed by atoms with E-state index in [4.69, 9.17) is 9.26 Å². The smallest absolute Gasteiger partial charge is 0.234 e. The fourth-order valence-corrected chi connectivity index (χ4v) is 2.06. The molecule has 6 nitrogen and oxygen atoms in total. The summed E-state index contributed by atoms with van der Waals surface area (Å²) in [4.78, 5) is 17.9. The summed E-state index contributed by atoms with van der Waals surface area (Å²) in [5, 5.41) is 3.93. The molecule has 1 aromatic heterocycles. The molecule has 2 heterocycles. The Balaban J connectivity index is 1.99. The van der Waals surface area contributed by atoms with Crippen molar-refractivity contribution < 1.29 is 14.1 Å². The van der Waals surface area contributed by atoms with E-state index in [1.54, 1.807) is 0 Å². The number of carbonyl (C=O) groups excluding carboxylic acids is 1. The van der Waals surface area contributed by atoms with Gasteiger partial charge in [-0.25, -0.2) is 0 Å². The Bertz CT molecular complexity index is 431. The molecule has 6 heteroatoms. The molecule has 1 aromatic rings. The van der Waals surface area contributed by atoms with E-state index in [2.05, 4.69) is 28.9 Å². The zero-order chi connectivity index (χ0) is 13.8. The van der Waals surface area contributed by atoms with Gasteiger partial charge >= 0.3 is 0 Å². The van der Waals surface area contributed by atoms with Gasteiger partial charge in [0.15, 0.2) is 0 Å². The Morgan fingerprint density at radius 3 is 3.00 bits per heavy atom. The Hall–Kier alpha value is -1.27. The molecule has 19 heavy (non-hydrogen) atoms. The van der Waals surface area contributed by atoms with E-state index in [0.29, 0.717) is 30.8 Å². The summed E-state index contributed by atoms with van der Waals surface area (Å²) in [6.07, 6.45) is 0.536. The lowest BCUT2D eigenvalue weighted by Gasteiger charge is -2.34. The molecule has 1 fully saturated rings. The van der Waals surface area contributed by atoms with E-state index in [0.717, 1.165) is 13.1 Å². The molecule has 1 atom stereocenters. The van der Waals surface area contributed by atoms with E-state index in [1.807, 2.05) is 6.92 Å². The number of rotatable bonds is 5. The van der Waals surface area contributed by atoms with Crippen LogP contribution in [0.3, 0.4) is 0 Å². The van der Waals surface area contributed by atoms with Crippen LogP contribution < -0.4 is 0 Å². The van der Waals surface area contributed by atoms with E-state index in [1.165, 1.54) is 0 Å². The van der Waals surface area contributed by atoms with Crippen molar-refractivity contribution in [3.05, 3.63) is 11.7 Å². The molecule has 0 spiro atoms. The minimum atomic E-state index is -0.162. The number of Topliss-reactive ketones (excluding diaryl/α,β-unsaturated/α-hetero) is 1. The van der Waals surface area contributed by atoms with Gasteiger partial charge in [0.1, 0.15) is 11.9 Å². The number of hydrogen-bond donors (Lipinski definition) is 0.